The second kappa shape index (κ2) is 6.70. The summed E-state index contributed by atoms with van der Waals surface area (Å²) in [5.74, 6) is -0.829. The van der Waals surface area contributed by atoms with Crippen molar-refractivity contribution in [2.75, 3.05) is 18.4 Å². The van der Waals surface area contributed by atoms with Crippen LogP contribution in [0.1, 0.15) is 25.7 Å². The fourth-order valence-corrected chi connectivity index (χ4v) is 2.33. The topological polar surface area (TPSA) is 49.4 Å². The monoisotopic (exact) mass is 298 g/mol. The molecule has 0 radical (unpaired) electrons. The van der Waals surface area contributed by atoms with Crippen molar-refractivity contribution in [1.29, 1.82) is 0 Å². The number of halogens is 2. The highest BCUT2D eigenvalue weighted by atomic mass is 35.5. The van der Waals surface area contributed by atoms with Crippen molar-refractivity contribution in [3.8, 4) is 0 Å². The van der Waals surface area contributed by atoms with Crippen LogP contribution in [0.4, 0.5) is 10.1 Å². The first-order valence-corrected chi connectivity index (χ1v) is 6.97. The normalized spacial score (nSPS) is 15.9. The Morgan fingerprint density at radius 3 is 2.90 bits per heavy atom. The number of hydrogen-bond acceptors (Lipinski definition) is 2. The van der Waals surface area contributed by atoms with Gasteiger partial charge in [0.25, 0.3) is 0 Å². The molecule has 108 valence electrons. The lowest BCUT2D eigenvalue weighted by atomic mass is 10.2. The molecule has 0 spiro atoms. The Balaban J connectivity index is 1.94. The number of rotatable bonds is 3. The van der Waals surface area contributed by atoms with Crippen molar-refractivity contribution in [3.63, 3.8) is 0 Å². The number of carbonyl (C=O) groups excluding carboxylic acids is 2. The van der Waals surface area contributed by atoms with E-state index in [1.54, 1.807) is 4.90 Å². The van der Waals surface area contributed by atoms with E-state index < -0.39 is 5.82 Å². The molecule has 0 atom stereocenters. The smallest absolute Gasteiger partial charge is 0.243 e. The Bertz CT molecular complexity index is 522. The van der Waals surface area contributed by atoms with Gasteiger partial charge in [-0.2, -0.15) is 0 Å². The minimum atomic E-state index is -0.535. The summed E-state index contributed by atoms with van der Waals surface area (Å²) in [5.41, 5.74) is 0.420. The largest absolute Gasteiger partial charge is 0.333 e. The van der Waals surface area contributed by atoms with E-state index in [1.807, 2.05) is 0 Å². The summed E-state index contributed by atoms with van der Waals surface area (Å²) in [6.07, 6.45) is 3.30. The molecule has 4 nitrogen and oxygen atoms in total. The van der Waals surface area contributed by atoms with Crippen LogP contribution in [0.5, 0.6) is 0 Å². The van der Waals surface area contributed by atoms with E-state index in [0.717, 1.165) is 19.3 Å². The Labute approximate surface area is 121 Å². The Morgan fingerprint density at radius 1 is 1.35 bits per heavy atom. The lowest BCUT2D eigenvalue weighted by Gasteiger charge is -2.19. The highest BCUT2D eigenvalue weighted by Gasteiger charge is 2.19. The number of likely N-dealkylation sites (tertiary alicyclic amines) is 1. The van der Waals surface area contributed by atoms with Crippen molar-refractivity contribution in [2.24, 2.45) is 0 Å². The van der Waals surface area contributed by atoms with Crippen molar-refractivity contribution < 1.29 is 14.0 Å². The summed E-state index contributed by atoms with van der Waals surface area (Å²) in [6.45, 7) is 0.629. The van der Waals surface area contributed by atoms with Crippen LogP contribution in [-0.4, -0.2) is 29.8 Å². The number of anilines is 1. The van der Waals surface area contributed by atoms with Crippen LogP contribution in [0.2, 0.25) is 5.02 Å². The zero-order chi connectivity index (χ0) is 14.5. The molecule has 0 aliphatic carbocycles. The lowest BCUT2D eigenvalue weighted by molar-refractivity contribution is -0.134. The number of amides is 2. The van der Waals surface area contributed by atoms with E-state index in [2.05, 4.69) is 5.32 Å². The molecule has 2 amide bonds. The minimum absolute atomic E-state index is 0.00906. The highest BCUT2D eigenvalue weighted by molar-refractivity contribution is 6.31. The number of hydrogen-bond donors (Lipinski definition) is 1. The van der Waals surface area contributed by atoms with Crippen LogP contribution in [0.15, 0.2) is 18.2 Å². The maximum atomic E-state index is 13.0. The van der Waals surface area contributed by atoms with Gasteiger partial charge in [-0.05, 0) is 31.0 Å². The van der Waals surface area contributed by atoms with Gasteiger partial charge < -0.3 is 10.2 Å². The molecule has 1 aliphatic rings. The summed E-state index contributed by atoms with van der Waals surface area (Å²) >= 11 is 5.64. The first-order chi connectivity index (χ1) is 9.56. The fraction of sp³-hybridized carbons (Fsp3) is 0.429. The summed E-state index contributed by atoms with van der Waals surface area (Å²) in [7, 11) is 0. The molecule has 1 aromatic carbocycles. The van der Waals surface area contributed by atoms with Crippen molar-refractivity contribution in [1.82, 2.24) is 4.90 Å². The molecule has 1 N–H and O–H groups in total. The molecule has 2 rings (SSSR count). The van der Waals surface area contributed by atoms with Crippen molar-refractivity contribution in [2.45, 2.75) is 25.7 Å². The summed E-state index contributed by atoms with van der Waals surface area (Å²) in [5, 5.41) is 2.57. The third kappa shape index (κ3) is 3.93. The summed E-state index contributed by atoms with van der Waals surface area (Å²) < 4.78 is 13.0. The van der Waals surface area contributed by atoms with Gasteiger partial charge in [-0.3, -0.25) is 9.59 Å². The standard InChI is InChI=1S/C14H16ClFN2O2/c15-11-8-10(5-6-12(11)16)17-13(19)9-18-7-3-1-2-4-14(18)20/h5-6,8H,1-4,7,9H2,(H,17,19). The van der Waals surface area contributed by atoms with Crippen molar-refractivity contribution in [3.05, 3.63) is 29.0 Å². The number of carbonyl (C=O) groups is 2. The zero-order valence-corrected chi connectivity index (χ0v) is 11.8. The molecule has 1 heterocycles. The van der Waals surface area contributed by atoms with Gasteiger partial charge in [0, 0.05) is 18.7 Å². The summed E-state index contributed by atoms with van der Waals surface area (Å²) in [6, 6.07) is 3.97. The molecule has 1 fully saturated rings. The Kier molecular flexibility index (Phi) is 4.95. The maximum Gasteiger partial charge on any atom is 0.243 e. The molecule has 1 aromatic rings. The van der Waals surface area contributed by atoms with Crippen LogP contribution >= 0.6 is 11.6 Å². The van der Waals surface area contributed by atoms with Crippen molar-refractivity contribution >= 4 is 29.1 Å². The van der Waals surface area contributed by atoms with Crippen LogP contribution in [0.25, 0.3) is 0 Å². The molecular formula is C14H16ClFN2O2. The molecular weight excluding hydrogens is 283 g/mol. The molecule has 0 aromatic heterocycles. The molecule has 0 unspecified atom stereocenters. The van der Waals surface area contributed by atoms with Crippen LogP contribution in [0.3, 0.4) is 0 Å². The van der Waals surface area contributed by atoms with Gasteiger partial charge in [0.1, 0.15) is 5.82 Å². The highest BCUT2D eigenvalue weighted by Crippen LogP contribution is 2.19. The second-order valence-corrected chi connectivity index (χ2v) is 5.21. The van der Waals surface area contributed by atoms with E-state index in [-0.39, 0.29) is 23.4 Å². The van der Waals surface area contributed by atoms with Crippen LogP contribution < -0.4 is 5.32 Å². The second-order valence-electron chi connectivity index (χ2n) is 4.80. The van der Waals surface area contributed by atoms with Gasteiger partial charge in [0.15, 0.2) is 0 Å². The van der Waals surface area contributed by atoms with E-state index >= 15 is 0 Å². The lowest BCUT2D eigenvalue weighted by Crippen LogP contribution is -2.37. The van der Waals surface area contributed by atoms with Gasteiger partial charge in [0.2, 0.25) is 11.8 Å². The quantitative estimate of drug-likeness (QED) is 0.933. The molecule has 1 saturated heterocycles. The van der Waals surface area contributed by atoms with Crippen LogP contribution in [-0.2, 0) is 9.59 Å². The number of nitrogens with one attached hydrogen (secondary N) is 1. The summed E-state index contributed by atoms with van der Waals surface area (Å²) in [4.78, 5) is 25.2. The molecule has 0 saturated carbocycles. The van der Waals surface area contributed by atoms with Gasteiger partial charge >= 0.3 is 0 Å². The predicted molar refractivity (Wildman–Crippen MR) is 75.1 cm³/mol. The molecule has 0 bridgehead atoms. The zero-order valence-electron chi connectivity index (χ0n) is 11.0. The molecule has 20 heavy (non-hydrogen) atoms. The SMILES string of the molecule is O=C(CN1CCCCCC1=O)Nc1ccc(F)c(Cl)c1. The van der Waals surface area contributed by atoms with E-state index in [4.69, 9.17) is 11.6 Å². The minimum Gasteiger partial charge on any atom is -0.333 e. The van der Waals surface area contributed by atoms with E-state index in [0.29, 0.717) is 18.7 Å². The molecule has 1 aliphatic heterocycles. The van der Waals surface area contributed by atoms with Gasteiger partial charge in [0.05, 0.1) is 11.6 Å². The predicted octanol–water partition coefficient (Wildman–Crippen LogP) is 2.82. The van der Waals surface area contributed by atoms with Gasteiger partial charge in [-0.1, -0.05) is 18.0 Å². The maximum absolute atomic E-state index is 13.0. The molecule has 6 heteroatoms. The fourth-order valence-electron chi connectivity index (χ4n) is 2.15. The third-order valence-electron chi connectivity index (χ3n) is 3.21. The van der Waals surface area contributed by atoms with E-state index in [1.165, 1.54) is 18.2 Å². The first-order valence-electron chi connectivity index (χ1n) is 6.59. The average Bonchev–Trinajstić information content (AvgIpc) is 2.59. The first kappa shape index (κ1) is 14.8. The van der Waals surface area contributed by atoms with Gasteiger partial charge in [-0.25, -0.2) is 4.39 Å². The number of benzene rings is 1. The van der Waals surface area contributed by atoms with E-state index in [9.17, 15) is 14.0 Å². The van der Waals surface area contributed by atoms with Gasteiger partial charge in [-0.15, -0.1) is 0 Å². The third-order valence-corrected chi connectivity index (χ3v) is 3.50. The Hall–Kier alpha value is -1.62. The average molecular weight is 299 g/mol. The Morgan fingerprint density at radius 2 is 2.15 bits per heavy atom. The van der Waals surface area contributed by atoms with Crippen LogP contribution in [0, 0.1) is 5.82 Å². The number of nitrogens with zero attached hydrogens (tertiary/aromatic N) is 1.